The van der Waals surface area contributed by atoms with Gasteiger partial charge in [-0.3, -0.25) is 0 Å². The summed E-state index contributed by atoms with van der Waals surface area (Å²) in [6, 6.07) is 13.1. The zero-order chi connectivity index (χ0) is 11.4. The first-order valence-corrected chi connectivity index (χ1v) is 7.31. The van der Waals surface area contributed by atoms with Crippen LogP contribution in [0.15, 0.2) is 41.8 Å². The van der Waals surface area contributed by atoms with Crippen LogP contribution in [0.1, 0.15) is 24.3 Å². The van der Waals surface area contributed by atoms with Crippen molar-refractivity contribution < 1.29 is 0 Å². The molecule has 1 aromatic carbocycles. The highest BCUT2D eigenvalue weighted by Gasteiger charge is 2.10. The topological polar surface area (TPSA) is 12.0 Å². The molecule has 2 aromatic rings. The van der Waals surface area contributed by atoms with Crippen molar-refractivity contribution in [3.8, 4) is 0 Å². The van der Waals surface area contributed by atoms with Gasteiger partial charge in [-0.05, 0) is 52.6 Å². The normalized spacial score (nSPS) is 12.4. The fourth-order valence-corrected chi connectivity index (χ4v) is 3.03. The van der Waals surface area contributed by atoms with E-state index < -0.39 is 0 Å². The molecule has 0 bridgehead atoms. The van der Waals surface area contributed by atoms with Crippen LogP contribution in [0.5, 0.6) is 0 Å². The number of thiophene rings is 1. The Balaban J connectivity index is 2.17. The summed E-state index contributed by atoms with van der Waals surface area (Å²) in [7, 11) is 0. The van der Waals surface area contributed by atoms with E-state index in [1.807, 2.05) is 11.3 Å². The summed E-state index contributed by atoms with van der Waals surface area (Å²) >= 11 is 4.18. The van der Waals surface area contributed by atoms with Gasteiger partial charge in [0.15, 0.2) is 0 Å². The minimum atomic E-state index is 0.427. The number of hydrogen-bond acceptors (Lipinski definition) is 2. The largest absolute Gasteiger partial charge is 0.377 e. The minimum absolute atomic E-state index is 0.427. The van der Waals surface area contributed by atoms with Gasteiger partial charge < -0.3 is 5.32 Å². The first kappa shape index (κ1) is 11.9. The lowest BCUT2D eigenvalue weighted by molar-refractivity contribution is 0.763. The molecule has 2 rings (SSSR count). The second-order valence-corrected chi connectivity index (χ2v) is 5.74. The molecule has 0 aliphatic rings. The highest BCUT2D eigenvalue weighted by atomic mass is 127. The van der Waals surface area contributed by atoms with Crippen molar-refractivity contribution in [2.75, 3.05) is 5.32 Å². The van der Waals surface area contributed by atoms with Gasteiger partial charge in [-0.25, -0.2) is 0 Å². The Morgan fingerprint density at radius 1 is 1.25 bits per heavy atom. The molecular weight excluding hydrogens is 329 g/mol. The van der Waals surface area contributed by atoms with Gasteiger partial charge in [0, 0.05) is 14.1 Å². The Labute approximate surface area is 114 Å². The van der Waals surface area contributed by atoms with Crippen molar-refractivity contribution in [2.24, 2.45) is 0 Å². The Morgan fingerprint density at radius 2 is 2.06 bits per heavy atom. The van der Waals surface area contributed by atoms with Gasteiger partial charge in [0.1, 0.15) is 0 Å². The fraction of sp³-hybridized carbons (Fsp3) is 0.231. The van der Waals surface area contributed by atoms with E-state index in [4.69, 9.17) is 0 Å². The van der Waals surface area contributed by atoms with Gasteiger partial charge in [-0.2, -0.15) is 0 Å². The molecule has 0 spiro atoms. The molecular formula is C13H14INS. The zero-order valence-corrected chi connectivity index (χ0v) is 12.1. The summed E-state index contributed by atoms with van der Waals surface area (Å²) in [4.78, 5) is 1.40. The third-order valence-electron chi connectivity index (χ3n) is 2.50. The molecule has 1 atom stereocenters. The van der Waals surface area contributed by atoms with Crippen LogP contribution >= 0.6 is 33.9 Å². The van der Waals surface area contributed by atoms with Crippen LogP contribution in [0.25, 0.3) is 0 Å². The zero-order valence-electron chi connectivity index (χ0n) is 9.11. The van der Waals surface area contributed by atoms with Gasteiger partial charge in [0.05, 0.1) is 6.04 Å². The second kappa shape index (κ2) is 5.68. The Hall–Kier alpha value is -0.550. The van der Waals surface area contributed by atoms with Crippen molar-refractivity contribution in [1.82, 2.24) is 0 Å². The van der Waals surface area contributed by atoms with Crippen molar-refractivity contribution >= 4 is 39.6 Å². The predicted octanol–water partition coefficient (Wildman–Crippen LogP) is 4.92. The number of benzene rings is 1. The molecule has 0 saturated carbocycles. The molecule has 84 valence electrons. The molecule has 0 amide bonds. The van der Waals surface area contributed by atoms with Crippen LogP contribution in [-0.2, 0) is 0 Å². The average molecular weight is 343 g/mol. The fourth-order valence-electron chi connectivity index (χ4n) is 1.63. The summed E-state index contributed by atoms with van der Waals surface area (Å²) in [6.07, 6.45) is 1.10. The lowest BCUT2D eigenvalue weighted by atomic mass is 10.1. The van der Waals surface area contributed by atoms with Crippen LogP contribution < -0.4 is 5.32 Å². The monoisotopic (exact) mass is 343 g/mol. The number of para-hydroxylation sites is 1. The first-order chi connectivity index (χ1) is 7.81. The average Bonchev–Trinajstić information content (AvgIpc) is 2.81. The van der Waals surface area contributed by atoms with Gasteiger partial charge in [0.2, 0.25) is 0 Å². The predicted molar refractivity (Wildman–Crippen MR) is 80.1 cm³/mol. The summed E-state index contributed by atoms with van der Waals surface area (Å²) in [5, 5.41) is 5.74. The van der Waals surface area contributed by atoms with Crippen LogP contribution in [0, 0.1) is 3.57 Å². The van der Waals surface area contributed by atoms with Crippen molar-refractivity contribution in [3.63, 3.8) is 0 Å². The first-order valence-electron chi connectivity index (χ1n) is 5.35. The molecule has 1 nitrogen and oxygen atoms in total. The van der Waals surface area contributed by atoms with Crippen LogP contribution in [-0.4, -0.2) is 0 Å². The van der Waals surface area contributed by atoms with E-state index in [1.165, 1.54) is 14.1 Å². The van der Waals surface area contributed by atoms with Crippen molar-refractivity contribution in [1.29, 1.82) is 0 Å². The molecule has 1 aromatic heterocycles. The number of nitrogens with one attached hydrogen (secondary N) is 1. The number of halogens is 1. The van der Waals surface area contributed by atoms with Gasteiger partial charge in [-0.15, -0.1) is 11.3 Å². The van der Waals surface area contributed by atoms with E-state index in [-0.39, 0.29) is 0 Å². The highest BCUT2D eigenvalue weighted by Crippen LogP contribution is 2.28. The third kappa shape index (κ3) is 2.77. The van der Waals surface area contributed by atoms with Gasteiger partial charge in [0.25, 0.3) is 0 Å². The SMILES string of the molecule is CCC(Nc1ccccc1I)c1cccs1. The molecule has 1 N–H and O–H groups in total. The van der Waals surface area contributed by atoms with Crippen LogP contribution in [0.2, 0.25) is 0 Å². The summed E-state index contributed by atoms with van der Waals surface area (Å²) in [5.74, 6) is 0. The molecule has 0 radical (unpaired) electrons. The summed E-state index contributed by atoms with van der Waals surface area (Å²) in [5.41, 5.74) is 1.23. The maximum Gasteiger partial charge on any atom is 0.0604 e. The Morgan fingerprint density at radius 3 is 2.69 bits per heavy atom. The quantitative estimate of drug-likeness (QED) is 0.778. The maximum atomic E-state index is 3.60. The molecule has 1 unspecified atom stereocenters. The standard InChI is InChI=1S/C13H14INS/c1-2-11(13-8-5-9-16-13)15-12-7-4-3-6-10(12)14/h3-9,11,15H,2H2,1H3. The van der Waals surface area contributed by atoms with E-state index in [9.17, 15) is 0 Å². The maximum absolute atomic E-state index is 3.60. The van der Waals surface area contributed by atoms with E-state index in [0.717, 1.165) is 6.42 Å². The smallest absolute Gasteiger partial charge is 0.0604 e. The molecule has 0 fully saturated rings. The lowest BCUT2D eigenvalue weighted by Gasteiger charge is -2.17. The van der Waals surface area contributed by atoms with Crippen molar-refractivity contribution in [3.05, 3.63) is 50.2 Å². The minimum Gasteiger partial charge on any atom is -0.377 e. The van der Waals surface area contributed by atoms with E-state index in [2.05, 4.69) is 76.6 Å². The number of anilines is 1. The molecule has 16 heavy (non-hydrogen) atoms. The summed E-state index contributed by atoms with van der Waals surface area (Å²) in [6.45, 7) is 2.22. The second-order valence-electron chi connectivity index (χ2n) is 3.60. The van der Waals surface area contributed by atoms with E-state index in [0.29, 0.717) is 6.04 Å². The Kier molecular flexibility index (Phi) is 4.23. The van der Waals surface area contributed by atoms with E-state index in [1.54, 1.807) is 0 Å². The Bertz CT molecular complexity index is 439. The van der Waals surface area contributed by atoms with Crippen LogP contribution in [0.3, 0.4) is 0 Å². The molecule has 1 heterocycles. The molecule has 0 saturated heterocycles. The number of hydrogen-bond donors (Lipinski definition) is 1. The van der Waals surface area contributed by atoms with Crippen molar-refractivity contribution in [2.45, 2.75) is 19.4 Å². The summed E-state index contributed by atoms with van der Waals surface area (Å²) < 4.78 is 1.27. The molecule has 0 aliphatic heterocycles. The number of rotatable bonds is 4. The third-order valence-corrected chi connectivity index (χ3v) is 4.43. The van der Waals surface area contributed by atoms with Gasteiger partial charge >= 0.3 is 0 Å². The van der Waals surface area contributed by atoms with E-state index >= 15 is 0 Å². The highest BCUT2D eigenvalue weighted by molar-refractivity contribution is 14.1. The molecule has 0 aliphatic carbocycles. The lowest BCUT2D eigenvalue weighted by Crippen LogP contribution is -2.08. The molecule has 3 heteroatoms. The van der Waals surface area contributed by atoms with Gasteiger partial charge in [-0.1, -0.05) is 25.1 Å². The van der Waals surface area contributed by atoms with Crippen LogP contribution in [0.4, 0.5) is 5.69 Å².